The molecule has 0 amide bonds. The lowest BCUT2D eigenvalue weighted by molar-refractivity contribution is 0.509. The Labute approximate surface area is 202 Å². The van der Waals surface area contributed by atoms with Crippen LogP contribution in [-0.2, 0) is 32.7 Å². The largest absolute Gasteiger partial charge is 0.330 e. The second-order valence-electron chi connectivity index (χ2n) is 8.68. The van der Waals surface area contributed by atoms with Gasteiger partial charge in [0.25, 0.3) is 11.1 Å². The van der Waals surface area contributed by atoms with Gasteiger partial charge in [-0.2, -0.15) is 0 Å². The van der Waals surface area contributed by atoms with E-state index in [0.717, 1.165) is 29.4 Å². The fraction of sp³-hybridized carbons (Fsp3) is 0.333. The Kier molecular flexibility index (Phi) is 5.81. The van der Waals surface area contributed by atoms with Crippen LogP contribution in [0.25, 0.3) is 15.9 Å². The van der Waals surface area contributed by atoms with Gasteiger partial charge in [-0.1, -0.05) is 30.8 Å². The highest BCUT2D eigenvalue weighted by Gasteiger charge is 2.26. The summed E-state index contributed by atoms with van der Waals surface area (Å²) in [4.78, 5) is 44.9. The Hall–Kier alpha value is -2.98. The van der Waals surface area contributed by atoms with Gasteiger partial charge in [-0.25, -0.2) is 14.2 Å². The highest BCUT2D eigenvalue weighted by molar-refractivity contribution is 7.98. The molecule has 0 N–H and O–H groups in total. The van der Waals surface area contributed by atoms with Crippen LogP contribution in [0.3, 0.4) is 0 Å². The Morgan fingerprint density at radius 3 is 2.71 bits per heavy atom. The summed E-state index contributed by atoms with van der Waals surface area (Å²) in [7, 11) is 3.01. The highest BCUT2D eigenvalue weighted by Crippen LogP contribution is 2.37. The molecule has 1 aliphatic carbocycles. The molecule has 0 fully saturated rings. The van der Waals surface area contributed by atoms with Gasteiger partial charge < -0.3 is 0 Å². The summed E-state index contributed by atoms with van der Waals surface area (Å²) >= 11 is 2.73. The topological polar surface area (TPSA) is 78.9 Å². The zero-order valence-corrected chi connectivity index (χ0v) is 20.6. The first kappa shape index (κ1) is 22.8. The Morgan fingerprint density at radius 2 is 1.94 bits per heavy atom. The zero-order valence-electron chi connectivity index (χ0n) is 19.0. The van der Waals surface area contributed by atoms with E-state index in [-0.39, 0.29) is 17.0 Å². The molecule has 3 aromatic heterocycles. The average molecular weight is 499 g/mol. The molecule has 0 saturated carbocycles. The molecule has 1 aliphatic rings. The van der Waals surface area contributed by atoms with Crippen molar-refractivity contribution in [3.05, 3.63) is 83.5 Å². The van der Waals surface area contributed by atoms with Gasteiger partial charge in [-0.05, 0) is 42.9 Å². The summed E-state index contributed by atoms with van der Waals surface area (Å²) in [6, 6.07) is 7.52. The minimum atomic E-state index is -0.522. The van der Waals surface area contributed by atoms with Crippen molar-refractivity contribution in [2.75, 3.05) is 0 Å². The molecular formula is C24H23FN4O3S2. The van der Waals surface area contributed by atoms with Crippen molar-refractivity contribution in [3.63, 3.8) is 0 Å². The molecule has 0 radical (unpaired) electrons. The number of rotatable bonds is 4. The van der Waals surface area contributed by atoms with Crippen molar-refractivity contribution in [2.45, 2.75) is 37.1 Å². The quantitative estimate of drug-likeness (QED) is 0.318. The van der Waals surface area contributed by atoms with E-state index in [1.54, 1.807) is 25.2 Å². The molecular weight excluding hydrogens is 475 g/mol. The van der Waals surface area contributed by atoms with E-state index >= 15 is 0 Å². The molecule has 10 heteroatoms. The summed E-state index contributed by atoms with van der Waals surface area (Å²) in [5.41, 5.74) is 0.527. The highest BCUT2D eigenvalue weighted by atomic mass is 32.2. The molecule has 1 unspecified atom stereocenters. The Balaban J connectivity index is 1.69. The predicted octanol–water partition coefficient (Wildman–Crippen LogP) is 3.40. The lowest BCUT2D eigenvalue weighted by Crippen LogP contribution is -2.37. The number of aryl methyl sites for hydroxylation is 1. The Morgan fingerprint density at radius 1 is 1.18 bits per heavy atom. The van der Waals surface area contributed by atoms with Crippen molar-refractivity contribution in [1.29, 1.82) is 0 Å². The smallest absolute Gasteiger partial charge is 0.300 e. The second-order valence-corrected chi connectivity index (χ2v) is 10.7. The first-order valence-corrected chi connectivity index (χ1v) is 12.8. The van der Waals surface area contributed by atoms with Gasteiger partial charge in [0.1, 0.15) is 10.6 Å². The molecule has 0 spiro atoms. The molecule has 7 nitrogen and oxygen atoms in total. The number of fused-ring (bicyclic) bond motifs is 3. The van der Waals surface area contributed by atoms with Gasteiger partial charge in [0.05, 0.1) is 11.1 Å². The maximum atomic E-state index is 14.8. The van der Waals surface area contributed by atoms with Crippen molar-refractivity contribution in [2.24, 2.45) is 20.0 Å². The number of nitrogens with zero attached hydrogens (tertiary/aromatic N) is 4. The fourth-order valence-electron chi connectivity index (χ4n) is 4.37. The van der Waals surface area contributed by atoms with Crippen LogP contribution >= 0.6 is 23.1 Å². The minimum absolute atomic E-state index is 0.131. The molecule has 176 valence electrons. The molecule has 4 aromatic rings. The molecule has 1 atom stereocenters. The Bertz CT molecular complexity index is 1620. The van der Waals surface area contributed by atoms with E-state index in [2.05, 4.69) is 6.92 Å². The van der Waals surface area contributed by atoms with E-state index in [1.807, 2.05) is 0 Å². The number of hydrogen-bond donors (Lipinski definition) is 0. The van der Waals surface area contributed by atoms with Crippen molar-refractivity contribution >= 4 is 33.3 Å². The molecule has 5 rings (SSSR count). The molecule has 3 heterocycles. The van der Waals surface area contributed by atoms with Gasteiger partial charge >= 0.3 is 5.69 Å². The first-order chi connectivity index (χ1) is 16.3. The first-order valence-electron chi connectivity index (χ1n) is 11.0. The summed E-state index contributed by atoms with van der Waals surface area (Å²) in [6.45, 7) is 2.20. The number of para-hydroxylation sites is 1. The summed E-state index contributed by atoms with van der Waals surface area (Å²) < 4.78 is 18.6. The van der Waals surface area contributed by atoms with Crippen LogP contribution in [-0.4, -0.2) is 18.7 Å². The second kappa shape index (κ2) is 8.66. The van der Waals surface area contributed by atoms with Crippen LogP contribution in [0.5, 0.6) is 0 Å². The molecule has 34 heavy (non-hydrogen) atoms. The number of aromatic nitrogens is 4. The van der Waals surface area contributed by atoms with Crippen molar-refractivity contribution in [3.8, 4) is 5.69 Å². The van der Waals surface area contributed by atoms with Gasteiger partial charge in [-0.3, -0.25) is 23.3 Å². The number of thiophene rings is 1. The number of thioether (sulfide) groups is 1. The number of halogens is 1. The van der Waals surface area contributed by atoms with E-state index in [9.17, 15) is 18.8 Å². The fourth-order valence-corrected chi connectivity index (χ4v) is 6.82. The minimum Gasteiger partial charge on any atom is -0.300 e. The summed E-state index contributed by atoms with van der Waals surface area (Å²) in [5.74, 6) is 0.243. The molecule has 0 saturated heterocycles. The molecule has 1 aromatic carbocycles. The van der Waals surface area contributed by atoms with Gasteiger partial charge in [-0.15, -0.1) is 11.3 Å². The third-order valence-corrected chi connectivity index (χ3v) is 8.49. The number of hydrogen-bond acceptors (Lipinski definition) is 6. The van der Waals surface area contributed by atoms with Crippen LogP contribution in [0.2, 0.25) is 0 Å². The lowest BCUT2D eigenvalue weighted by Gasteiger charge is -2.18. The average Bonchev–Trinajstić information content (AvgIpc) is 3.17. The normalized spacial score (nSPS) is 15.6. The summed E-state index contributed by atoms with van der Waals surface area (Å²) in [6.07, 6.45) is 2.73. The maximum Gasteiger partial charge on any atom is 0.330 e. The number of benzene rings is 1. The maximum absolute atomic E-state index is 14.8. The van der Waals surface area contributed by atoms with E-state index in [1.165, 1.54) is 56.3 Å². The predicted molar refractivity (Wildman–Crippen MR) is 133 cm³/mol. The third kappa shape index (κ3) is 3.74. The van der Waals surface area contributed by atoms with Gasteiger partial charge in [0.2, 0.25) is 0 Å². The van der Waals surface area contributed by atoms with Crippen LogP contribution in [0, 0.1) is 11.7 Å². The SMILES string of the molecule is CC1CCc2c(sc3nc(SCc4cc(=O)n(C)c(=O)n4C)n(-c4ccccc4F)c(=O)c23)C1. The van der Waals surface area contributed by atoms with Crippen molar-refractivity contribution < 1.29 is 4.39 Å². The van der Waals surface area contributed by atoms with E-state index in [0.29, 0.717) is 27.0 Å². The van der Waals surface area contributed by atoms with Crippen molar-refractivity contribution in [1.82, 2.24) is 18.7 Å². The monoisotopic (exact) mass is 498 g/mol. The van der Waals surface area contributed by atoms with Crippen LogP contribution in [0.15, 0.2) is 49.9 Å². The van der Waals surface area contributed by atoms with Crippen LogP contribution < -0.4 is 16.8 Å². The zero-order chi connectivity index (χ0) is 24.1. The van der Waals surface area contributed by atoms with Gasteiger partial charge in [0.15, 0.2) is 5.16 Å². The third-order valence-electron chi connectivity index (χ3n) is 6.37. The molecule has 0 bridgehead atoms. The standard InChI is InChI=1S/C24H23FN4O3S2/c1-13-8-9-15-18(10-13)34-21-20(15)22(31)29(17-7-5-4-6-16(17)25)23(26-21)33-12-14-11-19(30)28(3)24(32)27(14)2/h4-7,11,13H,8-10,12H2,1-3H3. The van der Waals surface area contributed by atoms with Crippen LogP contribution in [0.1, 0.15) is 29.5 Å². The van der Waals surface area contributed by atoms with Gasteiger partial charge in [0, 0.05) is 36.5 Å². The molecule has 0 aliphatic heterocycles. The van der Waals surface area contributed by atoms with E-state index in [4.69, 9.17) is 4.98 Å². The summed E-state index contributed by atoms with van der Waals surface area (Å²) in [5, 5.41) is 0.892. The van der Waals surface area contributed by atoms with E-state index < -0.39 is 17.1 Å². The lowest BCUT2D eigenvalue weighted by atomic mass is 9.89. The van der Waals surface area contributed by atoms with Crippen LogP contribution in [0.4, 0.5) is 4.39 Å².